The van der Waals surface area contributed by atoms with Gasteiger partial charge < -0.3 is 18.3 Å². The largest absolute Gasteiger partial charge is 0.494 e. The van der Waals surface area contributed by atoms with Gasteiger partial charge in [-0.2, -0.15) is 0 Å². The predicted molar refractivity (Wildman–Crippen MR) is 185 cm³/mol. The Morgan fingerprint density at radius 1 is 0.500 bits per heavy atom. The summed E-state index contributed by atoms with van der Waals surface area (Å²) in [6.45, 7) is 2.55. The maximum atomic E-state index is 6.39. The van der Waals surface area contributed by atoms with Crippen LogP contribution in [0.25, 0.3) is 77.9 Å². The lowest BCUT2D eigenvalue weighted by molar-refractivity contribution is 0.340. The Balaban J connectivity index is 1.32. The van der Waals surface area contributed by atoms with Gasteiger partial charge in [-0.15, -0.1) is 10.2 Å². The lowest BCUT2D eigenvalue weighted by Crippen LogP contribution is -2.00. The second-order valence-electron chi connectivity index (χ2n) is 11.4. The number of para-hydroxylation sites is 4. The number of ether oxygens (including phenoxy) is 1. The molecule has 0 aliphatic rings. The molecule has 0 fully saturated rings. The molecule has 0 atom stereocenters. The Morgan fingerprint density at radius 3 is 1.43 bits per heavy atom. The highest BCUT2D eigenvalue weighted by Gasteiger charge is 2.19. The van der Waals surface area contributed by atoms with Crippen LogP contribution >= 0.6 is 0 Å². The van der Waals surface area contributed by atoms with Crippen molar-refractivity contribution in [3.8, 4) is 40.0 Å². The van der Waals surface area contributed by atoms with Crippen molar-refractivity contribution in [2.24, 2.45) is 0 Å². The van der Waals surface area contributed by atoms with Crippen LogP contribution in [0, 0.1) is 0 Å². The van der Waals surface area contributed by atoms with Crippen LogP contribution < -0.4 is 4.74 Å². The van der Waals surface area contributed by atoms with Crippen molar-refractivity contribution in [1.82, 2.24) is 19.3 Å². The van der Waals surface area contributed by atoms with Gasteiger partial charge in [0.05, 0.1) is 28.7 Å². The van der Waals surface area contributed by atoms with Crippen molar-refractivity contribution >= 4 is 43.6 Å². The van der Waals surface area contributed by atoms with Crippen LogP contribution in [0.5, 0.6) is 5.75 Å². The van der Waals surface area contributed by atoms with Crippen LogP contribution in [0.2, 0.25) is 0 Å². The smallest absolute Gasteiger partial charge is 0.248 e. The van der Waals surface area contributed by atoms with Crippen LogP contribution in [-0.2, 0) is 0 Å². The molecule has 0 saturated heterocycles. The van der Waals surface area contributed by atoms with Crippen LogP contribution in [0.1, 0.15) is 6.92 Å². The van der Waals surface area contributed by atoms with E-state index >= 15 is 0 Å². The third-order valence-electron chi connectivity index (χ3n) is 8.64. The summed E-state index contributed by atoms with van der Waals surface area (Å²) in [5.41, 5.74) is 8.18. The molecule has 0 radical (unpaired) electrons. The minimum absolute atomic E-state index is 0.442. The zero-order valence-electron chi connectivity index (χ0n) is 25.1. The zero-order valence-corrected chi connectivity index (χ0v) is 25.1. The molecule has 6 nitrogen and oxygen atoms in total. The van der Waals surface area contributed by atoms with Gasteiger partial charge in [-0.25, -0.2) is 0 Å². The molecule has 0 N–H and O–H groups in total. The minimum Gasteiger partial charge on any atom is -0.494 e. The van der Waals surface area contributed by atoms with Gasteiger partial charge in [-0.3, -0.25) is 0 Å². The normalized spacial score (nSPS) is 11.7. The molecule has 6 heteroatoms. The Hall–Kier alpha value is -6.14. The average molecular weight is 597 g/mol. The zero-order chi connectivity index (χ0) is 30.6. The van der Waals surface area contributed by atoms with Crippen molar-refractivity contribution in [3.63, 3.8) is 0 Å². The number of nitrogens with zero attached hydrogens (tertiary/aromatic N) is 4. The molecule has 3 heterocycles. The van der Waals surface area contributed by atoms with E-state index in [1.807, 2.05) is 31.2 Å². The first-order chi connectivity index (χ1) is 22.8. The maximum Gasteiger partial charge on any atom is 0.248 e. The summed E-state index contributed by atoms with van der Waals surface area (Å²) in [4.78, 5) is 0. The molecule has 220 valence electrons. The number of aromatic nitrogens is 4. The van der Waals surface area contributed by atoms with E-state index in [1.165, 1.54) is 21.5 Å². The molecule has 9 aromatic rings. The van der Waals surface area contributed by atoms with E-state index in [9.17, 15) is 0 Å². The SMILES string of the molecule is CCOc1cccc(-c2nnc(-c3cc(-n4c5ccccc5c5ccccc54)cc(-n4c5ccccc5c5ccccc54)c3)o2)c1. The molecule has 9 rings (SSSR count). The van der Waals surface area contributed by atoms with Gasteiger partial charge in [0.25, 0.3) is 0 Å². The summed E-state index contributed by atoms with van der Waals surface area (Å²) in [5, 5.41) is 13.8. The Labute approximate surface area is 264 Å². The Kier molecular flexibility index (Phi) is 5.99. The van der Waals surface area contributed by atoms with Crippen molar-refractivity contribution < 1.29 is 9.15 Å². The molecule has 0 aliphatic carbocycles. The van der Waals surface area contributed by atoms with Gasteiger partial charge in [0.15, 0.2) is 0 Å². The summed E-state index contributed by atoms with van der Waals surface area (Å²) >= 11 is 0. The summed E-state index contributed by atoms with van der Waals surface area (Å²) in [6.07, 6.45) is 0. The number of benzene rings is 6. The standard InChI is InChI=1S/C40H28N4O2/c1-2-45-30-13-11-12-26(24-30)39-41-42-40(46-39)27-22-28(43-35-18-7-3-14-31(35)32-15-4-8-19-36(32)43)25-29(23-27)44-37-20-9-5-16-33(37)34-17-6-10-21-38(34)44/h3-25H,2H2,1H3. The summed E-state index contributed by atoms with van der Waals surface area (Å²) in [5.74, 6) is 1.65. The van der Waals surface area contributed by atoms with Gasteiger partial charge in [0.2, 0.25) is 11.8 Å². The van der Waals surface area contributed by atoms with E-state index < -0.39 is 0 Å². The fraction of sp³-hybridized carbons (Fsp3) is 0.0500. The number of rotatable bonds is 6. The highest BCUT2D eigenvalue weighted by molar-refractivity contribution is 6.10. The third kappa shape index (κ3) is 4.11. The molecule has 46 heavy (non-hydrogen) atoms. The average Bonchev–Trinajstić information content (AvgIpc) is 3.82. The first kappa shape index (κ1) is 26.3. The maximum absolute atomic E-state index is 6.39. The molecule has 0 spiro atoms. The van der Waals surface area contributed by atoms with Crippen LogP contribution in [0.15, 0.2) is 144 Å². The van der Waals surface area contributed by atoms with Gasteiger partial charge >= 0.3 is 0 Å². The van der Waals surface area contributed by atoms with E-state index in [-0.39, 0.29) is 0 Å². The highest BCUT2D eigenvalue weighted by Crippen LogP contribution is 2.38. The summed E-state index contributed by atoms with van der Waals surface area (Å²) < 4.78 is 16.8. The molecule has 0 bridgehead atoms. The van der Waals surface area contributed by atoms with Gasteiger partial charge in [0.1, 0.15) is 5.75 Å². The van der Waals surface area contributed by atoms with Gasteiger partial charge in [-0.05, 0) is 67.6 Å². The number of hydrogen-bond acceptors (Lipinski definition) is 4. The molecular weight excluding hydrogens is 568 g/mol. The lowest BCUT2D eigenvalue weighted by atomic mass is 10.1. The van der Waals surface area contributed by atoms with Crippen LogP contribution in [0.3, 0.4) is 0 Å². The quantitative estimate of drug-likeness (QED) is 0.192. The lowest BCUT2D eigenvalue weighted by Gasteiger charge is -2.14. The van der Waals surface area contributed by atoms with Crippen molar-refractivity contribution in [2.45, 2.75) is 6.92 Å². The van der Waals surface area contributed by atoms with Gasteiger partial charge in [0, 0.05) is 44.0 Å². The molecule has 0 saturated carbocycles. The van der Waals surface area contributed by atoms with E-state index in [1.54, 1.807) is 0 Å². The Bertz CT molecular complexity index is 2330. The van der Waals surface area contributed by atoms with Crippen molar-refractivity contribution in [3.05, 3.63) is 140 Å². The third-order valence-corrected chi connectivity index (χ3v) is 8.64. The second kappa shape index (κ2) is 10.5. The van der Waals surface area contributed by atoms with Crippen molar-refractivity contribution in [1.29, 1.82) is 0 Å². The molecular formula is C40H28N4O2. The number of hydrogen-bond donors (Lipinski definition) is 0. The fourth-order valence-electron chi connectivity index (χ4n) is 6.72. The van der Waals surface area contributed by atoms with Crippen LogP contribution in [-0.4, -0.2) is 25.9 Å². The minimum atomic E-state index is 0.442. The predicted octanol–water partition coefficient (Wildman–Crippen LogP) is 10.00. The summed E-state index contributed by atoms with van der Waals surface area (Å²) in [7, 11) is 0. The van der Waals surface area contributed by atoms with Crippen LogP contribution in [0.4, 0.5) is 0 Å². The highest BCUT2D eigenvalue weighted by atomic mass is 16.5. The molecule has 3 aromatic heterocycles. The summed E-state index contributed by atoms with van der Waals surface area (Å²) in [6, 6.07) is 48.5. The monoisotopic (exact) mass is 596 g/mol. The molecule has 0 amide bonds. The fourth-order valence-corrected chi connectivity index (χ4v) is 6.72. The van der Waals surface area contributed by atoms with Gasteiger partial charge in [-0.1, -0.05) is 78.9 Å². The molecule has 0 unspecified atom stereocenters. The van der Waals surface area contributed by atoms with E-state index in [4.69, 9.17) is 9.15 Å². The molecule has 0 aliphatic heterocycles. The number of fused-ring (bicyclic) bond motifs is 6. The first-order valence-corrected chi connectivity index (χ1v) is 15.5. The van der Waals surface area contributed by atoms with E-state index in [0.29, 0.717) is 18.4 Å². The molecule has 6 aromatic carbocycles. The second-order valence-corrected chi connectivity index (χ2v) is 11.4. The first-order valence-electron chi connectivity index (χ1n) is 15.5. The van der Waals surface area contributed by atoms with Crippen molar-refractivity contribution in [2.75, 3.05) is 6.61 Å². The van der Waals surface area contributed by atoms with E-state index in [0.717, 1.165) is 50.3 Å². The Morgan fingerprint density at radius 2 is 0.957 bits per heavy atom. The van der Waals surface area contributed by atoms with E-state index in [2.05, 4.69) is 135 Å². The topological polar surface area (TPSA) is 58.0 Å².